The number of nitrogens with two attached hydrogens (primary N) is 1. The van der Waals surface area contributed by atoms with Gasteiger partial charge in [-0.05, 0) is 62.5 Å². The molecule has 4 rings (SSSR count). The van der Waals surface area contributed by atoms with Gasteiger partial charge in [-0.15, -0.1) is 5.10 Å². The molecule has 2 bridgehead atoms. The van der Waals surface area contributed by atoms with Crippen LogP contribution in [0.25, 0.3) is 0 Å². The third-order valence-electron chi connectivity index (χ3n) is 6.49. The highest BCUT2D eigenvalue weighted by molar-refractivity contribution is 5.79. The van der Waals surface area contributed by atoms with Crippen molar-refractivity contribution in [1.29, 1.82) is 0 Å². The molecule has 0 aromatic carbocycles. The molecule has 3 N–H and O–H groups in total. The van der Waals surface area contributed by atoms with Gasteiger partial charge in [0.1, 0.15) is 5.82 Å². The Morgan fingerprint density at radius 1 is 1.16 bits per heavy atom. The standard InChI is InChI=1S/C19H29N5O/c20-18-13-3-1-4-14(18)12-15(11-13)19(25)24-9-6-16(7-10-24)22-17-5-2-8-21-23-17/h2,5,8,13-16,18H,1,3-4,6-7,9-12,20H2,(H,22,23). The minimum atomic E-state index is 0.208. The Hall–Kier alpha value is -1.69. The van der Waals surface area contributed by atoms with Gasteiger partial charge in [0.15, 0.2) is 0 Å². The van der Waals surface area contributed by atoms with Gasteiger partial charge < -0.3 is 16.0 Å². The van der Waals surface area contributed by atoms with Crippen molar-refractivity contribution in [1.82, 2.24) is 15.1 Å². The van der Waals surface area contributed by atoms with Crippen LogP contribution in [0.1, 0.15) is 44.9 Å². The number of nitrogens with one attached hydrogen (secondary N) is 1. The van der Waals surface area contributed by atoms with E-state index >= 15 is 0 Å². The molecule has 136 valence electrons. The number of fused-ring (bicyclic) bond motifs is 2. The maximum Gasteiger partial charge on any atom is 0.225 e. The highest BCUT2D eigenvalue weighted by Gasteiger charge is 2.41. The van der Waals surface area contributed by atoms with Crippen molar-refractivity contribution in [3.05, 3.63) is 18.3 Å². The van der Waals surface area contributed by atoms with Crippen LogP contribution in [0.2, 0.25) is 0 Å². The fourth-order valence-electron chi connectivity index (χ4n) is 5.08. The van der Waals surface area contributed by atoms with Crippen molar-refractivity contribution in [3.8, 4) is 0 Å². The van der Waals surface area contributed by atoms with Crippen LogP contribution in [-0.4, -0.2) is 46.2 Å². The van der Waals surface area contributed by atoms with Crippen LogP contribution in [-0.2, 0) is 4.79 Å². The third kappa shape index (κ3) is 3.64. The third-order valence-corrected chi connectivity index (χ3v) is 6.49. The number of nitrogens with zero attached hydrogens (tertiary/aromatic N) is 3. The van der Waals surface area contributed by atoms with Crippen molar-refractivity contribution in [2.45, 2.75) is 57.0 Å². The Morgan fingerprint density at radius 2 is 1.88 bits per heavy atom. The molecule has 1 aliphatic heterocycles. The van der Waals surface area contributed by atoms with E-state index in [1.165, 1.54) is 19.3 Å². The number of hydrogen-bond donors (Lipinski definition) is 2. The average Bonchev–Trinajstić information content (AvgIpc) is 2.62. The van der Waals surface area contributed by atoms with Crippen LogP contribution >= 0.6 is 0 Å². The number of anilines is 1. The Labute approximate surface area is 149 Å². The average molecular weight is 343 g/mol. The Bertz CT molecular complexity index is 573. The molecule has 6 nitrogen and oxygen atoms in total. The van der Waals surface area contributed by atoms with E-state index < -0.39 is 0 Å². The van der Waals surface area contributed by atoms with Gasteiger partial charge >= 0.3 is 0 Å². The molecule has 2 heterocycles. The van der Waals surface area contributed by atoms with Gasteiger partial charge in [0.2, 0.25) is 5.91 Å². The summed E-state index contributed by atoms with van der Waals surface area (Å²) in [6, 6.07) is 4.53. The molecule has 6 heteroatoms. The zero-order valence-electron chi connectivity index (χ0n) is 14.8. The van der Waals surface area contributed by atoms with E-state index in [9.17, 15) is 4.79 Å². The van der Waals surface area contributed by atoms with Gasteiger partial charge in [-0.25, -0.2) is 0 Å². The summed E-state index contributed by atoms with van der Waals surface area (Å²) in [6.07, 6.45) is 9.36. The molecular weight excluding hydrogens is 314 g/mol. The lowest BCUT2D eigenvalue weighted by molar-refractivity contribution is -0.139. The second kappa shape index (κ2) is 7.28. The first-order valence-electron chi connectivity index (χ1n) is 9.79. The van der Waals surface area contributed by atoms with Crippen molar-refractivity contribution in [2.75, 3.05) is 18.4 Å². The van der Waals surface area contributed by atoms with Gasteiger partial charge in [0.25, 0.3) is 0 Å². The monoisotopic (exact) mass is 343 g/mol. The minimum absolute atomic E-state index is 0.208. The number of likely N-dealkylation sites (tertiary alicyclic amines) is 1. The molecule has 1 saturated heterocycles. The Balaban J connectivity index is 1.29. The van der Waals surface area contributed by atoms with E-state index in [1.807, 2.05) is 12.1 Å². The molecular formula is C19H29N5O. The first-order chi connectivity index (χ1) is 12.2. The number of piperidine rings is 1. The highest BCUT2D eigenvalue weighted by Crippen LogP contribution is 2.42. The predicted molar refractivity (Wildman–Crippen MR) is 96.8 cm³/mol. The molecule has 0 spiro atoms. The smallest absolute Gasteiger partial charge is 0.225 e. The Morgan fingerprint density at radius 3 is 2.52 bits per heavy atom. The van der Waals surface area contributed by atoms with Crippen molar-refractivity contribution in [2.24, 2.45) is 23.5 Å². The zero-order valence-corrected chi connectivity index (χ0v) is 14.8. The van der Waals surface area contributed by atoms with E-state index in [0.29, 0.717) is 29.8 Å². The molecule has 3 fully saturated rings. The summed E-state index contributed by atoms with van der Waals surface area (Å²) in [4.78, 5) is 15.1. The molecule has 1 aromatic rings. The fourth-order valence-corrected chi connectivity index (χ4v) is 5.08. The largest absolute Gasteiger partial charge is 0.366 e. The number of aromatic nitrogens is 2. The lowest BCUT2D eigenvalue weighted by Gasteiger charge is -2.45. The van der Waals surface area contributed by atoms with Gasteiger partial charge in [-0.1, -0.05) is 6.42 Å². The minimum Gasteiger partial charge on any atom is -0.366 e. The second-order valence-electron chi connectivity index (χ2n) is 8.05. The number of hydrogen-bond acceptors (Lipinski definition) is 5. The Kier molecular flexibility index (Phi) is 4.88. The number of carbonyl (C=O) groups excluding carboxylic acids is 1. The molecule has 3 aliphatic rings. The lowest BCUT2D eigenvalue weighted by Crippen LogP contribution is -2.51. The number of rotatable bonds is 3. The maximum atomic E-state index is 13.0. The molecule has 2 unspecified atom stereocenters. The lowest BCUT2D eigenvalue weighted by atomic mass is 9.65. The van der Waals surface area contributed by atoms with Gasteiger partial charge in [-0.3, -0.25) is 4.79 Å². The normalized spacial score (nSPS) is 33.1. The first-order valence-corrected chi connectivity index (χ1v) is 9.79. The summed E-state index contributed by atoms with van der Waals surface area (Å²) in [6.45, 7) is 1.68. The van der Waals surface area contributed by atoms with Crippen LogP contribution in [0.15, 0.2) is 18.3 Å². The summed E-state index contributed by atoms with van der Waals surface area (Å²) in [5.74, 6) is 2.54. The molecule has 1 aromatic heterocycles. The predicted octanol–water partition coefficient (Wildman–Crippen LogP) is 2.03. The molecule has 2 aliphatic carbocycles. The van der Waals surface area contributed by atoms with Crippen molar-refractivity contribution >= 4 is 11.7 Å². The number of amides is 1. The zero-order chi connectivity index (χ0) is 17.2. The summed E-state index contributed by atoms with van der Waals surface area (Å²) in [7, 11) is 0. The summed E-state index contributed by atoms with van der Waals surface area (Å²) < 4.78 is 0. The van der Waals surface area contributed by atoms with Crippen LogP contribution in [0.3, 0.4) is 0 Å². The van der Waals surface area contributed by atoms with Gasteiger partial charge in [0.05, 0.1) is 0 Å². The van der Waals surface area contributed by atoms with Crippen molar-refractivity contribution in [3.63, 3.8) is 0 Å². The van der Waals surface area contributed by atoms with Crippen LogP contribution in [0, 0.1) is 17.8 Å². The van der Waals surface area contributed by atoms with E-state index in [0.717, 1.165) is 44.6 Å². The maximum absolute atomic E-state index is 13.0. The SMILES string of the molecule is NC1C2CCCC1CC(C(=O)N1CCC(Nc3cccnn3)CC1)C2. The van der Waals surface area contributed by atoms with Gasteiger partial charge in [-0.2, -0.15) is 5.10 Å². The molecule has 0 radical (unpaired) electrons. The molecule has 25 heavy (non-hydrogen) atoms. The van der Waals surface area contributed by atoms with Crippen LogP contribution in [0.4, 0.5) is 5.82 Å². The van der Waals surface area contributed by atoms with E-state index in [1.54, 1.807) is 6.20 Å². The van der Waals surface area contributed by atoms with Crippen LogP contribution in [0.5, 0.6) is 0 Å². The van der Waals surface area contributed by atoms with Crippen LogP contribution < -0.4 is 11.1 Å². The summed E-state index contributed by atoms with van der Waals surface area (Å²) >= 11 is 0. The molecule has 2 atom stereocenters. The topological polar surface area (TPSA) is 84.1 Å². The van der Waals surface area contributed by atoms with E-state index in [4.69, 9.17) is 5.73 Å². The quantitative estimate of drug-likeness (QED) is 0.877. The summed E-state index contributed by atoms with van der Waals surface area (Å²) in [5, 5.41) is 11.4. The van der Waals surface area contributed by atoms with Gasteiger partial charge in [0, 0.05) is 37.3 Å². The van der Waals surface area contributed by atoms with Crippen molar-refractivity contribution < 1.29 is 4.79 Å². The fraction of sp³-hybridized carbons (Fsp3) is 0.737. The van der Waals surface area contributed by atoms with E-state index in [-0.39, 0.29) is 5.92 Å². The van der Waals surface area contributed by atoms with E-state index in [2.05, 4.69) is 20.4 Å². The number of carbonyl (C=O) groups is 1. The second-order valence-corrected chi connectivity index (χ2v) is 8.05. The molecule has 1 amide bonds. The molecule has 2 saturated carbocycles. The highest BCUT2D eigenvalue weighted by atomic mass is 16.2. The first kappa shape index (κ1) is 16.8. The summed E-state index contributed by atoms with van der Waals surface area (Å²) in [5.41, 5.74) is 6.37.